The normalized spacial score (nSPS) is 18.0. The van der Waals surface area contributed by atoms with E-state index < -0.39 is 0 Å². The fourth-order valence-electron chi connectivity index (χ4n) is 0.135. The van der Waals surface area contributed by atoms with Gasteiger partial charge in [-0.05, 0) is 6.66 Å². The van der Waals surface area contributed by atoms with Crippen LogP contribution in [0.5, 0.6) is 0 Å². The van der Waals surface area contributed by atoms with Crippen LogP contribution < -0.4 is 0 Å². The quantitative estimate of drug-likeness (QED) is 0.637. The predicted molar refractivity (Wildman–Crippen MR) is 53.5 cm³/mol. The van der Waals surface area contributed by atoms with Gasteiger partial charge in [-0.1, -0.05) is 37.0 Å². The molecule has 0 aromatic carbocycles. The van der Waals surface area contributed by atoms with Crippen molar-refractivity contribution < 1.29 is 0 Å². The Kier molecular flexibility index (Phi) is 8.40. The Labute approximate surface area is 57.9 Å². The molecular formula is CH7P5S. The van der Waals surface area contributed by atoms with Gasteiger partial charge in [0.1, 0.15) is 0 Å². The maximum Gasteiger partial charge on any atom is 0.0103 e. The molecule has 0 aliphatic heterocycles. The van der Waals surface area contributed by atoms with Crippen molar-refractivity contribution in [1.82, 2.24) is 0 Å². The van der Waals surface area contributed by atoms with Crippen molar-refractivity contribution in [1.29, 1.82) is 0 Å². The van der Waals surface area contributed by atoms with Gasteiger partial charge in [0.25, 0.3) is 0 Å². The largest absolute Gasteiger partial charge is 0.0970 e. The summed E-state index contributed by atoms with van der Waals surface area (Å²) in [6, 6.07) is 0. The summed E-state index contributed by atoms with van der Waals surface area (Å²) in [6.45, 7) is 2.40. The highest BCUT2D eigenvalue weighted by atomic mass is 32.9. The second kappa shape index (κ2) is 6.36. The minimum atomic E-state index is 0.165. The molecule has 0 fully saturated rings. The van der Waals surface area contributed by atoms with Crippen LogP contribution in [-0.4, -0.2) is 6.66 Å². The van der Waals surface area contributed by atoms with Gasteiger partial charge >= 0.3 is 0 Å². The van der Waals surface area contributed by atoms with Gasteiger partial charge in [0.2, 0.25) is 0 Å². The fraction of sp³-hybridized carbons (Fsp3) is 1.00. The molecule has 4 unspecified atom stereocenters. The minimum absolute atomic E-state index is 0.165. The zero-order chi connectivity index (χ0) is 5.70. The van der Waals surface area contributed by atoms with E-state index in [9.17, 15) is 0 Å². The first-order valence-electron chi connectivity index (χ1n) is 1.61. The van der Waals surface area contributed by atoms with Crippen molar-refractivity contribution >= 4 is 51.0 Å². The van der Waals surface area contributed by atoms with E-state index in [4.69, 9.17) is 11.8 Å². The van der Waals surface area contributed by atoms with E-state index in [1.807, 2.05) is 0 Å². The lowest BCUT2D eigenvalue weighted by molar-refractivity contribution is 2.51. The highest BCUT2D eigenvalue weighted by Gasteiger charge is 1.90. The van der Waals surface area contributed by atoms with Crippen LogP contribution in [0.3, 0.4) is 0 Å². The van der Waals surface area contributed by atoms with Crippen LogP contribution in [0.2, 0.25) is 0 Å². The molecular weight excluding hydrogens is 199 g/mol. The van der Waals surface area contributed by atoms with Gasteiger partial charge in [-0.2, -0.15) is 0 Å². The minimum Gasteiger partial charge on any atom is -0.0970 e. The third-order valence-corrected chi connectivity index (χ3v) is 19.4. The molecule has 6 heteroatoms. The van der Waals surface area contributed by atoms with E-state index in [1.54, 1.807) is 0 Å². The van der Waals surface area contributed by atoms with E-state index in [2.05, 4.69) is 15.6 Å². The van der Waals surface area contributed by atoms with E-state index in [0.717, 1.165) is 16.2 Å². The van der Waals surface area contributed by atoms with Crippen LogP contribution >= 0.6 is 39.2 Å². The molecule has 4 atom stereocenters. The molecule has 0 rings (SSSR count). The topological polar surface area (TPSA) is 0 Å². The summed E-state index contributed by atoms with van der Waals surface area (Å²) in [4.78, 5) is 0. The summed E-state index contributed by atoms with van der Waals surface area (Å²) < 4.78 is 0. The SMILES string of the molecule is CPPP(P)P=S. The highest BCUT2D eigenvalue weighted by molar-refractivity contribution is 8.83. The lowest BCUT2D eigenvalue weighted by atomic mass is 12.0. The fourth-order valence-corrected chi connectivity index (χ4v) is 14.2. The summed E-state index contributed by atoms with van der Waals surface area (Å²) in [6.07, 6.45) is 0. The van der Waals surface area contributed by atoms with E-state index >= 15 is 0 Å². The summed E-state index contributed by atoms with van der Waals surface area (Å²) in [5.41, 5.74) is 0. The molecule has 0 aliphatic rings. The molecule has 0 heterocycles. The van der Waals surface area contributed by atoms with Crippen LogP contribution in [0.1, 0.15) is 0 Å². The maximum absolute atomic E-state index is 4.83. The van der Waals surface area contributed by atoms with Gasteiger partial charge in [-0.3, -0.25) is 0 Å². The molecule has 0 saturated carbocycles. The lowest BCUT2D eigenvalue weighted by Crippen LogP contribution is -1.18. The van der Waals surface area contributed by atoms with Crippen molar-refractivity contribution in [2.75, 3.05) is 6.66 Å². The second-order valence-corrected chi connectivity index (χ2v) is 16.8. The molecule has 0 aromatic heterocycles. The van der Waals surface area contributed by atoms with Gasteiger partial charge in [-0.15, -0.1) is 0 Å². The molecule has 42 valence electrons. The molecule has 0 bridgehead atoms. The molecule has 0 radical (unpaired) electrons. The highest BCUT2D eigenvalue weighted by Crippen LogP contribution is 2.76. The number of rotatable bonds is 3. The molecule has 0 nitrogen and oxygen atoms in total. The Morgan fingerprint density at radius 3 is 2.57 bits per heavy atom. The van der Waals surface area contributed by atoms with Crippen LogP contribution in [0.4, 0.5) is 0 Å². The molecule has 7 heavy (non-hydrogen) atoms. The van der Waals surface area contributed by atoms with E-state index in [-0.39, 0.29) is 6.99 Å². The van der Waals surface area contributed by atoms with Crippen LogP contribution in [0.15, 0.2) is 0 Å². The Morgan fingerprint density at radius 1 is 1.86 bits per heavy atom. The Morgan fingerprint density at radius 2 is 2.43 bits per heavy atom. The molecule has 0 spiro atoms. The zero-order valence-electron chi connectivity index (χ0n) is 3.88. The summed E-state index contributed by atoms with van der Waals surface area (Å²) in [5, 5.41) is 0. The molecule has 0 saturated heterocycles. The van der Waals surface area contributed by atoms with Crippen molar-refractivity contribution in [2.45, 2.75) is 0 Å². The average Bonchev–Trinajstić information content (AvgIpc) is 1.68. The van der Waals surface area contributed by atoms with Gasteiger partial charge in [0, 0.05) is 14.0 Å². The Bertz CT molecular complexity index is 54.0. The first kappa shape index (κ1) is 9.24. The van der Waals surface area contributed by atoms with Gasteiger partial charge in [0.05, 0.1) is 0 Å². The first-order valence-corrected chi connectivity index (χ1v) is 11.5. The third kappa shape index (κ3) is 6.12. The summed E-state index contributed by atoms with van der Waals surface area (Å²) in [7, 11) is 6.23. The first-order chi connectivity index (χ1) is 3.31. The molecule has 0 amide bonds. The van der Waals surface area contributed by atoms with E-state index in [1.165, 1.54) is 7.04 Å². The molecule has 0 aromatic rings. The van der Waals surface area contributed by atoms with Crippen LogP contribution in [-0.2, 0) is 11.8 Å². The summed E-state index contributed by atoms with van der Waals surface area (Å²) in [5.74, 6) is 0. The van der Waals surface area contributed by atoms with Crippen LogP contribution in [0.25, 0.3) is 0 Å². The predicted octanol–water partition coefficient (Wildman–Crippen LogP) is 3.40. The van der Waals surface area contributed by atoms with Crippen molar-refractivity contribution in [3.05, 3.63) is 0 Å². The summed E-state index contributed by atoms with van der Waals surface area (Å²) >= 11 is 4.83. The number of hydrogen-bond donors (Lipinski definition) is 0. The maximum atomic E-state index is 4.83. The van der Waals surface area contributed by atoms with Crippen molar-refractivity contribution in [3.8, 4) is 0 Å². The van der Waals surface area contributed by atoms with Crippen molar-refractivity contribution in [2.24, 2.45) is 0 Å². The zero-order valence-corrected chi connectivity index (χ0v) is 9.64. The van der Waals surface area contributed by atoms with Gasteiger partial charge < -0.3 is 0 Å². The van der Waals surface area contributed by atoms with Crippen molar-refractivity contribution in [3.63, 3.8) is 0 Å². The number of hydrogen-bond acceptors (Lipinski definition) is 1. The van der Waals surface area contributed by atoms with Gasteiger partial charge in [0.15, 0.2) is 0 Å². The lowest BCUT2D eigenvalue weighted by Gasteiger charge is -1.97. The standard InChI is InChI=1S/CH7P5S/c1-3-4-6(2)5-7/h3-4H,2H2,1H3. The van der Waals surface area contributed by atoms with Crippen LogP contribution in [0, 0.1) is 0 Å². The van der Waals surface area contributed by atoms with Gasteiger partial charge in [-0.25, -0.2) is 0 Å². The monoisotopic (exact) mass is 206 g/mol. The van der Waals surface area contributed by atoms with E-state index in [0.29, 0.717) is 0 Å². The molecule has 0 aliphatic carbocycles. The average molecular weight is 206 g/mol. The smallest absolute Gasteiger partial charge is 0.0103 e. The Hall–Kier alpha value is 2.24. The second-order valence-electron chi connectivity index (χ2n) is 0.788. The third-order valence-electron chi connectivity index (χ3n) is 0.314. The Balaban J connectivity index is 2.98. The molecule has 0 N–H and O–H groups in total.